The Morgan fingerprint density at radius 1 is 0.762 bits per heavy atom. The average molecular weight is 617 g/mol. The molecule has 42 heavy (non-hydrogen) atoms. The highest BCUT2D eigenvalue weighted by molar-refractivity contribution is 7.47. The van der Waals surface area contributed by atoms with Gasteiger partial charge in [0.1, 0.15) is 19.3 Å². The van der Waals surface area contributed by atoms with Gasteiger partial charge in [0.15, 0.2) is 0 Å². The average Bonchev–Trinajstić information content (AvgIpc) is 2.92. The maximum Gasteiger partial charge on any atom is 0.472 e. The Balaban J connectivity index is 4.41. The second-order valence-corrected chi connectivity index (χ2v) is 13.3. The van der Waals surface area contributed by atoms with Gasteiger partial charge in [0.2, 0.25) is 0 Å². The van der Waals surface area contributed by atoms with Gasteiger partial charge in [-0.1, -0.05) is 95.2 Å². The number of quaternary nitrogens is 1. The van der Waals surface area contributed by atoms with Crippen molar-refractivity contribution in [2.24, 2.45) is 0 Å². The first-order chi connectivity index (χ1) is 20.1. The number of hydrogen-bond acceptors (Lipinski definition) is 6. The highest BCUT2D eigenvalue weighted by atomic mass is 31.2. The monoisotopic (exact) mass is 616 g/mol. The van der Waals surface area contributed by atoms with E-state index in [0.29, 0.717) is 24.1 Å². The summed E-state index contributed by atoms with van der Waals surface area (Å²) in [6, 6.07) is 0. The van der Waals surface area contributed by atoms with E-state index in [0.717, 1.165) is 57.8 Å². The molecular formula is C33H63NO7P+. The zero-order chi connectivity index (χ0) is 31.4. The third-order valence-corrected chi connectivity index (χ3v) is 7.45. The van der Waals surface area contributed by atoms with Crippen LogP contribution in [0.25, 0.3) is 0 Å². The van der Waals surface area contributed by atoms with E-state index in [1.54, 1.807) is 0 Å². The largest absolute Gasteiger partial charge is 0.472 e. The SMILES string of the molecule is CC/C=C\C/C=C\C/C=C\CCCCCC(=O)OC(COCCCCCCCCC)COP(=O)(O)OCC[N+](C)(C)C. The molecule has 0 amide bonds. The summed E-state index contributed by atoms with van der Waals surface area (Å²) in [5, 5.41) is 0. The van der Waals surface area contributed by atoms with Gasteiger partial charge in [-0.25, -0.2) is 4.57 Å². The number of carbonyl (C=O) groups excluding carboxylic acids is 1. The quantitative estimate of drug-likeness (QED) is 0.0297. The normalized spacial score (nSPS) is 14.7. The first kappa shape index (κ1) is 40.7. The molecule has 0 fully saturated rings. The van der Waals surface area contributed by atoms with Gasteiger partial charge in [-0.3, -0.25) is 13.8 Å². The van der Waals surface area contributed by atoms with Crippen molar-refractivity contribution in [2.75, 3.05) is 54.1 Å². The zero-order valence-corrected chi connectivity index (χ0v) is 28.4. The second-order valence-electron chi connectivity index (χ2n) is 11.8. The van der Waals surface area contributed by atoms with Crippen molar-refractivity contribution < 1.29 is 37.3 Å². The highest BCUT2D eigenvalue weighted by Gasteiger charge is 2.26. The molecule has 8 nitrogen and oxygen atoms in total. The van der Waals surface area contributed by atoms with Crippen molar-refractivity contribution >= 4 is 13.8 Å². The summed E-state index contributed by atoms with van der Waals surface area (Å²) < 4.78 is 34.5. The minimum Gasteiger partial charge on any atom is -0.457 e. The van der Waals surface area contributed by atoms with Crippen molar-refractivity contribution in [2.45, 2.75) is 116 Å². The van der Waals surface area contributed by atoms with Crippen LogP contribution < -0.4 is 0 Å². The van der Waals surface area contributed by atoms with Gasteiger partial charge in [-0.2, -0.15) is 0 Å². The van der Waals surface area contributed by atoms with E-state index in [-0.39, 0.29) is 25.8 Å². The summed E-state index contributed by atoms with van der Waals surface area (Å²) in [6.45, 7) is 5.40. The predicted molar refractivity (Wildman–Crippen MR) is 173 cm³/mol. The fourth-order valence-electron chi connectivity index (χ4n) is 3.92. The maximum absolute atomic E-state index is 12.5. The van der Waals surface area contributed by atoms with Gasteiger partial charge in [-0.15, -0.1) is 0 Å². The molecule has 0 saturated heterocycles. The van der Waals surface area contributed by atoms with Gasteiger partial charge in [0, 0.05) is 13.0 Å². The predicted octanol–water partition coefficient (Wildman–Crippen LogP) is 8.31. The Labute approximate surface area is 257 Å². The third-order valence-electron chi connectivity index (χ3n) is 6.47. The number of esters is 1. The van der Waals surface area contributed by atoms with Crippen LogP contribution in [0.15, 0.2) is 36.5 Å². The Hall–Kier alpha value is -1.28. The molecule has 0 aromatic rings. The molecule has 0 aromatic heterocycles. The fourth-order valence-corrected chi connectivity index (χ4v) is 4.66. The van der Waals surface area contributed by atoms with Crippen LogP contribution in [0.3, 0.4) is 0 Å². The van der Waals surface area contributed by atoms with Gasteiger partial charge < -0.3 is 18.9 Å². The summed E-state index contributed by atoms with van der Waals surface area (Å²) >= 11 is 0. The fraction of sp³-hybridized carbons (Fsp3) is 0.788. The number of nitrogens with zero attached hydrogens (tertiary/aromatic N) is 1. The van der Waals surface area contributed by atoms with Crippen molar-refractivity contribution in [3.05, 3.63) is 36.5 Å². The van der Waals surface area contributed by atoms with Crippen LogP contribution in [-0.2, 0) is 27.9 Å². The molecule has 246 valence electrons. The standard InChI is InChI=1S/C33H62NO7P/c1-6-8-10-12-14-15-16-17-18-19-20-22-24-26-33(35)41-32(30-38-28-25-23-21-13-11-9-7-2)31-40-42(36,37)39-29-27-34(3,4)5/h8,10,14-15,17-18,32H,6-7,9,11-13,16,19-31H2,1-5H3/p+1/b10-8-,15-14-,18-17-. The molecule has 0 saturated carbocycles. The highest BCUT2D eigenvalue weighted by Crippen LogP contribution is 2.43. The lowest BCUT2D eigenvalue weighted by Crippen LogP contribution is -2.37. The molecule has 0 aliphatic carbocycles. The van der Waals surface area contributed by atoms with Crippen molar-refractivity contribution in [1.82, 2.24) is 0 Å². The second kappa shape index (κ2) is 27.3. The minimum absolute atomic E-state index is 0.0824. The summed E-state index contributed by atoms with van der Waals surface area (Å²) in [5.74, 6) is -0.348. The van der Waals surface area contributed by atoms with Crippen LogP contribution in [-0.4, -0.2) is 75.6 Å². The van der Waals surface area contributed by atoms with Crippen LogP contribution in [0.2, 0.25) is 0 Å². The topological polar surface area (TPSA) is 91.3 Å². The molecule has 2 unspecified atom stereocenters. The van der Waals surface area contributed by atoms with Crippen LogP contribution >= 0.6 is 7.82 Å². The molecule has 0 radical (unpaired) electrons. The molecule has 0 bridgehead atoms. The van der Waals surface area contributed by atoms with Crippen molar-refractivity contribution in [1.29, 1.82) is 0 Å². The number of hydrogen-bond donors (Lipinski definition) is 1. The van der Waals surface area contributed by atoms with E-state index in [4.69, 9.17) is 18.5 Å². The molecule has 9 heteroatoms. The molecule has 0 heterocycles. The molecule has 2 atom stereocenters. The van der Waals surface area contributed by atoms with E-state index in [1.807, 2.05) is 21.1 Å². The molecule has 0 rings (SSSR count). The summed E-state index contributed by atoms with van der Waals surface area (Å²) in [4.78, 5) is 22.6. The Morgan fingerprint density at radius 3 is 2.05 bits per heavy atom. The number of ether oxygens (including phenoxy) is 2. The number of likely N-dealkylation sites (N-methyl/N-ethyl adjacent to an activating group) is 1. The zero-order valence-electron chi connectivity index (χ0n) is 27.5. The van der Waals surface area contributed by atoms with Gasteiger partial charge >= 0.3 is 13.8 Å². The lowest BCUT2D eigenvalue weighted by molar-refractivity contribution is -0.870. The number of carbonyl (C=O) groups is 1. The molecule has 0 aliphatic heterocycles. The van der Waals surface area contributed by atoms with Gasteiger partial charge in [-0.05, 0) is 44.9 Å². The van der Waals surface area contributed by atoms with E-state index < -0.39 is 13.9 Å². The third kappa shape index (κ3) is 30.2. The van der Waals surface area contributed by atoms with Crippen LogP contribution in [0.4, 0.5) is 0 Å². The van der Waals surface area contributed by atoms with Crippen LogP contribution in [0.5, 0.6) is 0 Å². The number of phosphoric acid groups is 1. The number of rotatable bonds is 29. The number of unbranched alkanes of at least 4 members (excludes halogenated alkanes) is 9. The van der Waals surface area contributed by atoms with Crippen molar-refractivity contribution in [3.63, 3.8) is 0 Å². The van der Waals surface area contributed by atoms with E-state index in [9.17, 15) is 14.3 Å². The molecule has 0 aliphatic rings. The summed E-state index contributed by atoms with van der Waals surface area (Å²) in [7, 11) is 1.64. The molecule has 1 N–H and O–H groups in total. The van der Waals surface area contributed by atoms with Gasteiger partial charge in [0.05, 0.1) is 34.4 Å². The summed E-state index contributed by atoms with van der Waals surface area (Å²) in [5.41, 5.74) is 0. The maximum atomic E-state index is 12.5. The van der Waals surface area contributed by atoms with E-state index in [1.165, 1.54) is 32.1 Å². The van der Waals surface area contributed by atoms with Gasteiger partial charge in [0.25, 0.3) is 0 Å². The number of phosphoric ester groups is 1. The lowest BCUT2D eigenvalue weighted by Gasteiger charge is -2.24. The van der Waals surface area contributed by atoms with Crippen molar-refractivity contribution in [3.8, 4) is 0 Å². The van der Waals surface area contributed by atoms with Crippen LogP contribution in [0.1, 0.15) is 110 Å². The molecule has 0 spiro atoms. The Kier molecular flexibility index (Phi) is 26.5. The smallest absolute Gasteiger partial charge is 0.457 e. The molecule has 0 aromatic carbocycles. The Bertz CT molecular complexity index is 777. The molecular weight excluding hydrogens is 553 g/mol. The summed E-state index contributed by atoms with van der Waals surface area (Å²) in [6.07, 6.45) is 27.5. The van der Waals surface area contributed by atoms with E-state index in [2.05, 4.69) is 50.3 Å². The first-order valence-electron chi connectivity index (χ1n) is 16.2. The Morgan fingerprint density at radius 2 is 1.38 bits per heavy atom. The lowest BCUT2D eigenvalue weighted by atomic mass is 10.1. The van der Waals surface area contributed by atoms with E-state index >= 15 is 0 Å². The first-order valence-corrected chi connectivity index (χ1v) is 17.7. The van der Waals surface area contributed by atoms with Crippen LogP contribution in [0, 0.1) is 0 Å². The number of allylic oxidation sites excluding steroid dienone is 6. The minimum atomic E-state index is -4.26.